The molecule has 2 aromatic carbocycles. The van der Waals surface area contributed by atoms with Crippen molar-refractivity contribution in [1.82, 2.24) is 10.0 Å². The molecule has 2 saturated heterocycles. The number of fused-ring (bicyclic) bond motifs is 1. The molecule has 0 N–H and O–H groups in total. The van der Waals surface area contributed by atoms with E-state index in [0.717, 1.165) is 36.2 Å². The Morgan fingerprint density at radius 2 is 1.62 bits per heavy atom. The van der Waals surface area contributed by atoms with Crippen LogP contribution in [0.5, 0.6) is 0 Å². The normalized spacial score (nSPS) is 20.8. The van der Waals surface area contributed by atoms with Gasteiger partial charge in [-0.25, -0.2) is 4.79 Å². The lowest BCUT2D eigenvalue weighted by molar-refractivity contribution is -0.137. The fraction of sp³-hybridized carbons (Fsp3) is 0.316. The molecule has 7 heteroatoms. The maximum Gasteiger partial charge on any atom is 0.416 e. The molecule has 4 rings (SSSR count). The van der Waals surface area contributed by atoms with Crippen LogP contribution in [0.1, 0.15) is 29.3 Å². The second-order valence-electron chi connectivity index (χ2n) is 6.62. The van der Waals surface area contributed by atoms with Gasteiger partial charge in [0.05, 0.1) is 5.56 Å². The van der Waals surface area contributed by atoms with Crippen LogP contribution in [0.25, 0.3) is 0 Å². The van der Waals surface area contributed by atoms with Gasteiger partial charge in [-0.1, -0.05) is 29.8 Å². The van der Waals surface area contributed by atoms with Crippen LogP contribution in [-0.4, -0.2) is 29.1 Å². The zero-order valence-corrected chi connectivity index (χ0v) is 14.2. The molecule has 2 fully saturated rings. The van der Waals surface area contributed by atoms with Crippen LogP contribution in [0.15, 0.2) is 48.5 Å². The van der Waals surface area contributed by atoms with Gasteiger partial charge < -0.3 is 0 Å². The molecule has 4 nitrogen and oxygen atoms in total. The number of anilines is 1. The second-order valence-corrected chi connectivity index (χ2v) is 6.62. The van der Waals surface area contributed by atoms with Crippen molar-refractivity contribution < 1.29 is 18.0 Å². The lowest BCUT2D eigenvalue weighted by atomic mass is 10.1. The van der Waals surface area contributed by atoms with E-state index in [2.05, 4.69) is 0 Å². The van der Waals surface area contributed by atoms with Gasteiger partial charge >= 0.3 is 12.2 Å². The van der Waals surface area contributed by atoms with Crippen molar-refractivity contribution in [3.8, 4) is 0 Å². The van der Waals surface area contributed by atoms with Gasteiger partial charge in [-0.3, -0.25) is 9.91 Å². The highest BCUT2D eigenvalue weighted by atomic mass is 19.4. The highest BCUT2D eigenvalue weighted by Gasteiger charge is 2.47. The van der Waals surface area contributed by atoms with E-state index in [0.29, 0.717) is 12.2 Å². The molecule has 0 spiro atoms. The average Bonchev–Trinajstić information content (AvgIpc) is 3.17. The Morgan fingerprint density at radius 1 is 0.962 bits per heavy atom. The number of urea groups is 1. The molecule has 26 heavy (non-hydrogen) atoms. The Bertz CT molecular complexity index is 817. The summed E-state index contributed by atoms with van der Waals surface area (Å²) in [6, 6.07) is 12.5. The van der Waals surface area contributed by atoms with Crippen molar-refractivity contribution >= 4 is 11.7 Å². The summed E-state index contributed by atoms with van der Waals surface area (Å²) in [5, 5.41) is 3.67. The predicted molar refractivity (Wildman–Crippen MR) is 91.3 cm³/mol. The van der Waals surface area contributed by atoms with E-state index >= 15 is 0 Å². The zero-order valence-electron chi connectivity index (χ0n) is 14.2. The van der Waals surface area contributed by atoms with Gasteiger partial charge in [-0.15, -0.1) is 0 Å². The zero-order chi connectivity index (χ0) is 18.5. The largest absolute Gasteiger partial charge is 0.416 e. The van der Waals surface area contributed by atoms with E-state index in [1.54, 1.807) is 9.91 Å². The number of aryl methyl sites for hydroxylation is 1. The van der Waals surface area contributed by atoms with Crippen molar-refractivity contribution in [1.29, 1.82) is 0 Å². The van der Waals surface area contributed by atoms with Crippen molar-refractivity contribution in [2.75, 3.05) is 18.0 Å². The van der Waals surface area contributed by atoms with Crippen LogP contribution >= 0.6 is 0 Å². The van der Waals surface area contributed by atoms with E-state index in [1.807, 2.05) is 36.2 Å². The summed E-state index contributed by atoms with van der Waals surface area (Å²) in [5.74, 6) is 0. The van der Waals surface area contributed by atoms with Gasteiger partial charge in [0.15, 0.2) is 0 Å². The first-order valence-corrected chi connectivity index (χ1v) is 8.47. The fourth-order valence-electron chi connectivity index (χ4n) is 3.58. The predicted octanol–water partition coefficient (Wildman–Crippen LogP) is 4.58. The maximum absolute atomic E-state index is 12.9. The van der Waals surface area contributed by atoms with Crippen molar-refractivity contribution in [2.24, 2.45) is 0 Å². The molecule has 0 bridgehead atoms. The topological polar surface area (TPSA) is 26.8 Å². The number of rotatable bonds is 2. The first kappa shape index (κ1) is 16.9. The van der Waals surface area contributed by atoms with E-state index < -0.39 is 11.7 Å². The molecular formula is C19H18F3N3O. The fourth-order valence-corrected chi connectivity index (χ4v) is 3.58. The highest BCUT2D eigenvalue weighted by Crippen LogP contribution is 2.41. The number of carbonyl (C=O) groups excluding carboxylic acids is 1. The molecule has 2 heterocycles. The van der Waals surface area contributed by atoms with Crippen LogP contribution in [0.3, 0.4) is 0 Å². The van der Waals surface area contributed by atoms with Crippen LogP contribution in [0.4, 0.5) is 23.7 Å². The average molecular weight is 361 g/mol. The van der Waals surface area contributed by atoms with Crippen LogP contribution < -0.4 is 4.90 Å². The molecule has 0 aromatic heterocycles. The molecule has 2 aliphatic rings. The number of carbonyl (C=O) groups is 1. The minimum Gasteiger partial charge on any atom is -0.271 e. The second kappa shape index (κ2) is 6.02. The van der Waals surface area contributed by atoms with Crippen LogP contribution in [0, 0.1) is 6.92 Å². The number of amides is 2. The molecule has 2 amide bonds. The number of halogens is 3. The number of hydrogen-bond acceptors (Lipinski definition) is 2. The highest BCUT2D eigenvalue weighted by molar-refractivity contribution is 5.94. The smallest absolute Gasteiger partial charge is 0.271 e. The molecule has 1 unspecified atom stereocenters. The van der Waals surface area contributed by atoms with E-state index in [4.69, 9.17) is 0 Å². The van der Waals surface area contributed by atoms with Crippen molar-refractivity contribution in [3.63, 3.8) is 0 Å². The van der Waals surface area contributed by atoms with Crippen molar-refractivity contribution in [3.05, 3.63) is 65.2 Å². The number of hydrazine groups is 1. The molecule has 2 aliphatic heterocycles. The van der Waals surface area contributed by atoms with Crippen LogP contribution in [-0.2, 0) is 6.18 Å². The third kappa shape index (κ3) is 2.72. The number of hydrogen-bond donors (Lipinski definition) is 0. The van der Waals surface area contributed by atoms with E-state index in [9.17, 15) is 18.0 Å². The van der Waals surface area contributed by atoms with Gasteiger partial charge in [0, 0.05) is 18.8 Å². The maximum atomic E-state index is 12.9. The van der Waals surface area contributed by atoms with Crippen LogP contribution in [0.2, 0.25) is 0 Å². The monoisotopic (exact) mass is 361 g/mol. The summed E-state index contributed by atoms with van der Waals surface area (Å²) in [7, 11) is 0. The Hall–Kier alpha value is -2.54. The summed E-state index contributed by atoms with van der Waals surface area (Å²) in [4.78, 5) is 14.5. The third-order valence-corrected chi connectivity index (χ3v) is 4.87. The van der Waals surface area contributed by atoms with E-state index in [-0.39, 0.29) is 12.2 Å². The molecule has 0 radical (unpaired) electrons. The van der Waals surface area contributed by atoms with Crippen molar-refractivity contribution in [2.45, 2.75) is 25.7 Å². The SMILES string of the molecule is Cc1ccc(C2N(c3ccc(C(F)(F)F)cc3)C(=O)N3CCCN23)cc1. The number of nitrogens with zero attached hydrogens (tertiary/aromatic N) is 3. The summed E-state index contributed by atoms with van der Waals surface area (Å²) in [6.07, 6.45) is -3.86. The third-order valence-electron chi connectivity index (χ3n) is 4.87. The van der Waals surface area contributed by atoms with Gasteiger partial charge in [-0.2, -0.15) is 18.2 Å². The first-order valence-electron chi connectivity index (χ1n) is 8.47. The quantitative estimate of drug-likeness (QED) is 0.783. The Morgan fingerprint density at radius 3 is 2.23 bits per heavy atom. The first-order chi connectivity index (χ1) is 12.4. The summed E-state index contributed by atoms with van der Waals surface area (Å²) < 4.78 is 38.5. The standard InChI is InChI=1S/C19H18F3N3O/c1-13-3-5-14(6-4-13)17-23-11-2-12-24(23)18(26)25(17)16-9-7-15(8-10-16)19(20,21)22/h3-10,17H,2,11-12H2,1H3. The molecule has 2 aromatic rings. The van der Waals surface area contributed by atoms with Gasteiger partial charge in [0.2, 0.25) is 0 Å². The lowest BCUT2D eigenvalue weighted by Gasteiger charge is -2.28. The number of benzene rings is 2. The Labute approximate surface area is 149 Å². The molecule has 0 saturated carbocycles. The minimum atomic E-state index is -4.40. The summed E-state index contributed by atoms with van der Waals surface area (Å²) in [6.45, 7) is 3.35. The van der Waals surface area contributed by atoms with Gasteiger partial charge in [0.25, 0.3) is 0 Å². The molecule has 1 atom stereocenters. The Balaban J connectivity index is 1.74. The Kier molecular flexibility index (Phi) is 3.91. The van der Waals surface area contributed by atoms with Gasteiger partial charge in [0.1, 0.15) is 6.17 Å². The molecule has 0 aliphatic carbocycles. The van der Waals surface area contributed by atoms with E-state index in [1.165, 1.54) is 12.1 Å². The van der Waals surface area contributed by atoms with Gasteiger partial charge in [-0.05, 0) is 43.2 Å². The minimum absolute atomic E-state index is 0.201. The lowest BCUT2D eigenvalue weighted by Crippen LogP contribution is -2.32. The summed E-state index contributed by atoms with van der Waals surface area (Å²) in [5.41, 5.74) is 1.79. The molecule has 136 valence electrons. The molecular weight excluding hydrogens is 343 g/mol. The summed E-state index contributed by atoms with van der Waals surface area (Å²) >= 11 is 0. The number of alkyl halides is 3.